The van der Waals surface area contributed by atoms with Crippen molar-refractivity contribution in [3.05, 3.63) is 84.3 Å². The fraction of sp³-hybridized carbons (Fsp3) is 0.231. The van der Waals surface area contributed by atoms with Crippen molar-refractivity contribution in [3.63, 3.8) is 0 Å². The number of para-hydroxylation sites is 1. The van der Waals surface area contributed by atoms with E-state index in [2.05, 4.69) is 45.4 Å². The van der Waals surface area contributed by atoms with Gasteiger partial charge >= 0.3 is 6.03 Å². The molecule has 0 saturated carbocycles. The predicted molar refractivity (Wildman–Crippen MR) is 130 cm³/mol. The highest BCUT2D eigenvalue weighted by Gasteiger charge is 2.21. The molecule has 2 N–H and O–H groups in total. The highest BCUT2D eigenvalue weighted by molar-refractivity contribution is 5.91. The summed E-state index contributed by atoms with van der Waals surface area (Å²) < 4.78 is 12.8. The van der Waals surface area contributed by atoms with Gasteiger partial charge in [0.15, 0.2) is 0 Å². The molecule has 0 saturated heterocycles. The summed E-state index contributed by atoms with van der Waals surface area (Å²) in [6.45, 7) is 3.41. The number of anilines is 1. The van der Waals surface area contributed by atoms with E-state index in [9.17, 15) is 4.79 Å². The summed E-state index contributed by atoms with van der Waals surface area (Å²) in [5.74, 6) is 1.13. The summed E-state index contributed by atoms with van der Waals surface area (Å²) in [5.41, 5.74) is 3.94. The third kappa shape index (κ3) is 4.77. The second-order valence-corrected chi connectivity index (χ2v) is 7.63. The van der Waals surface area contributed by atoms with Gasteiger partial charge in [-0.1, -0.05) is 24.3 Å². The number of urea groups is 1. The molecule has 7 nitrogen and oxygen atoms in total. The number of methoxy groups -OCH3 is 2. The largest absolute Gasteiger partial charge is 0.497 e. The van der Waals surface area contributed by atoms with Gasteiger partial charge in [-0.2, -0.15) is 0 Å². The van der Waals surface area contributed by atoms with Gasteiger partial charge in [0.2, 0.25) is 0 Å². The molecule has 2 aromatic carbocycles. The first kappa shape index (κ1) is 22.2. The van der Waals surface area contributed by atoms with E-state index in [1.54, 1.807) is 38.6 Å². The molecule has 2 amide bonds. The van der Waals surface area contributed by atoms with Crippen LogP contribution in [0.3, 0.4) is 0 Å². The Kier molecular flexibility index (Phi) is 6.78. The summed E-state index contributed by atoms with van der Waals surface area (Å²) in [6.07, 6.45) is 5.79. The Morgan fingerprint density at radius 2 is 1.94 bits per heavy atom. The van der Waals surface area contributed by atoms with E-state index in [1.807, 2.05) is 30.5 Å². The second-order valence-electron chi connectivity index (χ2n) is 7.63. The van der Waals surface area contributed by atoms with Crippen LogP contribution < -0.4 is 20.1 Å². The van der Waals surface area contributed by atoms with E-state index < -0.39 is 0 Å². The fourth-order valence-electron chi connectivity index (χ4n) is 4.07. The summed E-state index contributed by atoms with van der Waals surface area (Å²) in [6, 6.07) is 17.3. The molecule has 0 fully saturated rings. The average molecular weight is 445 g/mol. The number of pyridine rings is 1. The first-order valence-corrected chi connectivity index (χ1v) is 10.9. The molecule has 0 unspecified atom stereocenters. The van der Waals surface area contributed by atoms with E-state index in [1.165, 1.54) is 10.9 Å². The fourth-order valence-corrected chi connectivity index (χ4v) is 4.07. The molecular formula is C26H28N4O3. The van der Waals surface area contributed by atoms with Crippen LogP contribution in [0.5, 0.6) is 11.5 Å². The minimum atomic E-state index is -0.313. The molecule has 0 aliphatic rings. The monoisotopic (exact) mass is 444 g/mol. The number of rotatable bonds is 8. The molecule has 2 heterocycles. The molecule has 33 heavy (non-hydrogen) atoms. The number of carbonyl (C=O) groups is 1. The molecular weight excluding hydrogens is 416 g/mol. The molecule has 170 valence electrons. The molecule has 7 heteroatoms. The van der Waals surface area contributed by atoms with E-state index in [0.717, 1.165) is 17.7 Å². The molecule has 4 aromatic rings. The maximum atomic E-state index is 12.8. The number of nitrogens with one attached hydrogen (secondary N) is 2. The topological polar surface area (TPSA) is 77.4 Å². The Labute approximate surface area is 193 Å². The van der Waals surface area contributed by atoms with E-state index in [4.69, 9.17) is 9.47 Å². The molecule has 0 aliphatic carbocycles. The van der Waals surface area contributed by atoms with Crippen LogP contribution >= 0.6 is 0 Å². The Morgan fingerprint density at radius 3 is 2.67 bits per heavy atom. The third-order valence-electron chi connectivity index (χ3n) is 5.75. The molecule has 2 aromatic heterocycles. The summed E-state index contributed by atoms with van der Waals surface area (Å²) in [5, 5.41) is 7.07. The number of hydrogen-bond donors (Lipinski definition) is 2. The molecule has 0 radical (unpaired) electrons. The zero-order valence-corrected chi connectivity index (χ0v) is 19.0. The summed E-state index contributed by atoms with van der Waals surface area (Å²) in [4.78, 5) is 17.1. The van der Waals surface area contributed by atoms with Gasteiger partial charge < -0.3 is 24.7 Å². The SMILES string of the molecule is CCn1cc([C@@H](CNC(=O)Nc2ccc(OC)cc2OC)c2cccnc2)c2ccccc21. The highest BCUT2D eigenvalue weighted by atomic mass is 16.5. The van der Waals surface area contributed by atoms with Crippen molar-refractivity contribution in [1.29, 1.82) is 0 Å². The average Bonchev–Trinajstić information content (AvgIpc) is 3.23. The standard InChI is InChI=1S/C26H28N4O3/c1-4-30-17-22(20-9-5-6-10-24(20)30)21(18-8-7-13-27-15-18)16-28-26(31)29-23-12-11-19(32-2)14-25(23)33-3/h5-15,17,21H,4,16H2,1-3H3,(H2,28,29,31)/t21-/m0/s1. The van der Waals surface area contributed by atoms with Crippen molar-refractivity contribution in [2.75, 3.05) is 26.1 Å². The lowest BCUT2D eigenvalue weighted by Gasteiger charge is -2.19. The van der Waals surface area contributed by atoms with E-state index in [0.29, 0.717) is 23.7 Å². The lowest BCUT2D eigenvalue weighted by molar-refractivity contribution is 0.251. The number of carbonyl (C=O) groups excluding carboxylic acids is 1. The van der Waals surface area contributed by atoms with Crippen molar-refractivity contribution >= 4 is 22.6 Å². The van der Waals surface area contributed by atoms with Gasteiger partial charge in [-0.15, -0.1) is 0 Å². The van der Waals surface area contributed by atoms with Gasteiger partial charge in [-0.3, -0.25) is 4.98 Å². The Morgan fingerprint density at radius 1 is 1.09 bits per heavy atom. The van der Waals surface area contributed by atoms with Crippen molar-refractivity contribution < 1.29 is 14.3 Å². The lowest BCUT2D eigenvalue weighted by atomic mass is 9.92. The number of ether oxygens (including phenoxy) is 2. The summed E-state index contributed by atoms with van der Waals surface area (Å²) >= 11 is 0. The van der Waals surface area contributed by atoms with Crippen LogP contribution in [-0.2, 0) is 6.54 Å². The zero-order valence-electron chi connectivity index (χ0n) is 19.0. The minimum absolute atomic E-state index is 0.0556. The van der Waals surface area contributed by atoms with Crippen molar-refractivity contribution in [2.24, 2.45) is 0 Å². The number of benzene rings is 2. The first-order valence-electron chi connectivity index (χ1n) is 10.9. The van der Waals surface area contributed by atoms with Crippen molar-refractivity contribution in [3.8, 4) is 11.5 Å². The summed E-state index contributed by atoms with van der Waals surface area (Å²) in [7, 11) is 3.14. The van der Waals surface area contributed by atoms with Gasteiger partial charge in [0.1, 0.15) is 11.5 Å². The normalized spacial score (nSPS) is 11.7. The Hall–Kier alpha value is -4.00. The number of fused-ring (bicyclic) bond motifs is 1. The van der Waals surface area contributed by atoms with Gasteiger partial charge in [0.25, 0.3) is 0 Å². The van der Waals surface area contributed by atoms with Gasteiger partial charge in [-0.25, -0.2) is 4.79 Å². The molecule has 4 rings (SSSR count). The van der Waals surface area contributed by atoms with E-state index >= 15 is 0 Å². The van der Waals surface area contributed by atoms with Crippen molar-refractivity contribution in [2.45, 2.75) is 19.4 Å². The maximum Gasteiger partial charge on any atom is 0.319 e. The smallest absolute Gasteiger partial charge is 0.319 e. The maximum absolute atomic E-state index is 12.8. The number of nitrogens with zero attached hydrogens (tertiary/aromatic N) is 2. The predicted octanol–water partition coefficient (Wildman–Crippen LogP) is 5.03. The molecule has 0 bridgehead atoms. The Balaban J connectivity index is 1.59. The van der Waals surface area contributed by atoms with Crippen LogP contribution in [0, 0.1) is 0 Å². The van der Waals surface area contributed by atoms with Crippen LogP contribution in [0.15, 0.2) is 73.2 Å². The third-order valence-corrected chi connectivity index (χ3v) is 5.75. The van der Waals surface area contributed by atoms with Crippen molar-refractivity contribution in [1.82, 2.24) is 14.9 Å². The highest BCUT2D eigenvalue weighted by Crippen LogP contribution is 2.32. The number of aryl methyl sites for hydroxylation is 1. The van der Waals surface area contributed by atoms with Gasteiger partial charge in [0, 0.05) is 54.6 Å². The zero-order chi connectivity index (χ0) is 23.2. The van der Waals surface area contributed by atoms with Crippen LogP contribution in [0.1, 0.15) is 24.0 Å². The first-order chi connectivity index (χ1) is 16.1. The Bertz CT molecular complexity index is 1240. The van der Waals surface area contributed by atoms with Crippen LogP contribution in [0.4, 0.5) is 10.5 Å². The minimum Gasteiger partial charge on any atom is -0.497 e. The molecule has 0 spiro atoms. The molecule has 0 aliphatic heterocycles. The van der Waals surface area contributed by atoms with Crippen LogP contribution in [0.2, 0.25) is 0 Å². The van der Waals surface area contributed by atoms with Crippen LogP contribution in [0.25, 0.3) is 10.9 Å². The second kappa shape index (κ2) is 10.1. The number of hydrogen-bond acceptors (Lipinski definition) is 4. The van der Waals surface area contributed by atoms with E-state index in [-0.39, 0.29) is 11.9 Å². The van der Waals surface area contributed by atoms with Crippen LogP contribution in [-0.4, -0.2) is 36.3 Å². The van der Waals surface area contributed by atoms with Gasteiger partial charge in [0.05, 0.1) is 19.9 Å². The number of amides is 2. The molecule has 1 atom stereocenters. The quantitative estimate of drug-likeness (QED) is 0.400. The number of aromatic nitrogens is 2. The van der Waals surface area contributed by atoms with Gasteiger partial charge in [-0.05, 0) is 42.3 Å². The lowest BCUT2D eigenvalue weighted by Crippen LogP contribution is -2.32.